The van der Waals surface area contributed by atoms with Crippen molar-refractivity contribution < 1.29 is 0 Å². The minimum atomic E-state index is -0.151. The molecule has 1 saturated heterocycles. The fourth-order valence-electron chi connectivity index (χ4n) is 3.35. The predicted octanol–water partition coefficient (Wildman–Crippen LogP) is 5.80. The molecule has 2 atom stereocenters. The number of rotatable bonds is 3. The maximum absolute atomic E-state index is 3.57. The first-order chi connectivity index (χ1) is 12.8. The highest BCUT2D eigenvalue weighted by Gasteiger charge is 2.25. The van der Waals surface area contributed by atoms with E-state index in [1.807, 2.05) is 0 Å². The van der Waals surface area contributed by atoms with Crippen LogP contribution in [0.1, 0.15) is 0 Å². The van der Waals surface area contributed by atoms with Crippen LogP contribution in [0.5, 0.6) is 0 Å². The molecule has 0 N–H and O–H groups in total. The van der Waals surface area contributed by atoms with E-state index >= 15 is 0 Å². The summed E-state index contributed by atoms with van der Waals surface area (Å²) in [5.41, 5.74) is 1.35. The van der Waals surface area contributed by atoms with Crippen molar-refractivity contribution in [2.45, 2.75) is 0 Å². The average molecular weight is 442 g/mol. The molecule has 1 aliphatic heterocycles. The third kappa shape index (κ3) is 4.37. The summed E-state index contributed by atoms with van der Waals surface area (Å²) in [6.07, 6.45) is 4.97. The highest BCUT2D eigenvalue weighted by atomic mass is 79.9. The van der Waals surface area contributed by atoms with Gasteiger partial charge < -0.3 is 4.90 Å². The second-order valence-electron chi connectivity index (χ2n) is 6.50. The molecular weight excluding hydrogens is 420 g/mol. The van der Waals surface area contributed by atoms with Crippen LogP contribution >= 0.6 is 31.8 Å². The van der Waals surface area contributed by atoms with Gasteiger partial charge in [-0.1, -0.05) is 92.4 Å². The Balaban J connectivity index is 1.65. The van der Waals surface area contributed by atoms with E-state index in [-0.39, 0.29) is 15.8 Å². The van der Waals surface area contributed by atoms with Crippen LogP contribution < -0.4 is 15.5 Å². The van der Waals surface area contributed by atoms with Crippen LogP contribution in [0.15, 0.2) is 89.4 Å². The lowest BCUT2D eigenvalue weighted by molar-refractivity contribution is 1.05. The monoisotopic (exact) mass is 441 g/mol. The van der Waals surface area contributed by atoms with Gasteiger partial charge in [-0.2, -0.15) is 0 Å². The molecule has 26 heavy (non-hydrogen) atoms. The van der Waals surface area contributed by atoms with Crippen LogP contribution in [-0.2, 0) is 0 Å². The average Bonchev–Trinajstić information content (AvgIpc) is 2.93. The van der Waals surface area contributed by atoms with Crippen LogP contribution in [0.25, 0.3) is 0 Å². The molecule has 4 rings (SSSR count). The highest BCUT2D eigenvalue weighted by Crippen LogP contribution is 2.48. The SMILES string of the molecule is Brc1ccc(N2CP(c3ccccc3)CCP(c3ccccc3)C2)cc1. The normalized spacial score (nSPS) is 20.6. The smallest absolute Gasteiger partial charge is 0.0422 e. The maximum Gasteiger partial charge on any atom is 0.0422 e. The van der Waals surface area contributed by atoms with Gasteiger partial charge in [0.05, 0.1) is 0 Å². The lowest BCUT2D eigenvalue weighted by atomic mass is 10.3. The molecule has 3 aromatic carbocycles. The summed E-state index contributed by atoms with van der Waals surface area (Å²) >= 11 is 3.57. The fourth-order valence-corrected chi connectivity index (χ4v) is 9.37. The van der Waals surface area contributed by atoms with Gasteiger partial charge in [-0.25, -0.2) is 0 Å². The molecule has 132 valence electrons. The van der Waals surface area contributed by atoms with Crippen molar-refractivity contribution in [3.63, 3.8) is 0 Å². The van der Waals surface area contributed by atoms with Crippen molar-refractivity contribution in [3.8, 4) is 0 Å². The minimum absolute atomic E-state index is 0.151. The summed E-state index contributed by atoms with van der Waals surface area (Å²) in [4.78, 5) is 2.64. The largest absolute Gasteiger partial charge is 0.363 e. The third-order valence-corrected chi connectivity index (χ3v) is 10.6. The van der Waals surface area contributed by atoms with E-state index in [1.54, 1.807) is 0 Å². The summed E-state index contributed by atoms with van der Waals surface area (Å²) in [6, 6.07) is 31.1. The molecule has 0 saturated carbocycles. The molecule has 1 nitrogen and oxygen atoms in total. The number of benzene rings is 3. The molecule has 0 amide bonds. The quantitative estimate of drug-likeness (QED) is 0.464. The molecule has 4 heteroatoms. The van der Waals surface area contributed by atoms with Crippen molar-refractivity contribution in [2.24, 2.45) is 0 Å². The molecule has 0 aliphatic carbocycles. The molecule has 1 fully saturated rings. The summed E-state index contributed by atoms with van der Waals surface area (Å²) in [5.74, 6) is 0. The molecule has 1 heterocycles. The van der Waals surface area contributed by atoms with Gasteiger partial charge in [0.25, 0.3) is 0 Å². The van der Waals surface area contributed by atoms with Gasteiger partial charge in [0.1, 0.15) is 0 Å². The zero-order chi connectivity index (χ0) is 17.8. The van der Waals surface area contributed by atoms with E-state index in [9.17, 15) is 0 Å². The van der Waals surface area contributed by atoms with Gasteiger partial charge in [0.2, 0.25) is 0 Å². The molecule has 0 spiro atoms. The molecule has 0 bridgehead atoms. The van der Waals surface area contributed by atoms with Crippen LogP contribution in [0.4, 0.5) is 5.69 Å². The summed E-state index contributed by atoms with van der Waals surface area (Å²) < 4.78 is 1.15. The zero-order valence-corrected chi connectivity index (χ0v) is 18.0. The van der Waals surface area contributed by atoms with Crippen LogP contribution in [0.2, 0.25) is 0 Å². The zero-order valence-electron chi connectivity index (χ0n) is 14.6. The number of hydrogen-bond acceptors (Lipinski definition) is 1. The van der Waals surface area contributed by atoms with Crippen molar-refractivity contribution in [1.29, 1.82) is 0 Å². The molecular formula is C22H22BrNP2. The Hall–Kier alpha value is -1.20. The van der Waals surface area contributed by atoms with E-state index in [0.29, 0.717) is 0 Å². The van der Waals surface area contributed by atoms with Gasteiger partial charge >= 0.3 is 0 Å². The Labute approximate surface area is 167 Å². The van der Waals surface area contributed by atoms with Crippen molar-refractivity contribution in [1.82, 2.24) is 0 Å². The molecule has 0 aromatic heterocycles. The second-order valence-corrected chi connectivity index (χ2v) is 12.1. The van der Waals surface area contributed by atoms with E-state index < -0.39 is 0 Å². The molecule has 3 aromatic rings. The van der Waals surface area contributed by atoms with Gasteiger partial charge in [-0.15, -0.1) is 0 Å². The Morgan fingerprint density at radius 1 is 0.615 bits per heavy atom. The number of nitrogens with zero attached hydrogens (tertiary/aromatic N) is 1. The van der Waals surface area contributed by atoms with E-state index in [0.717, 1.165) is 17.0 Å². The first-order valence-corrected chi connectivity index (χ1v) is 13.1. The van der Waals surface area contributed by atoms with Crippen LogP contribution in [0, 0.1) is 0 Å². The van der Waals surface area contributed by atoms with Gasteiger partial charge in [-0.05, 0) is 47.2 Å². The first-order valence-electron chi connectivity index (χ1n) is 8.90. The molecule has 2 unspecified atom stereocenters. The number of anilines is 1. The van der Waals surface area contributed by atoms with E-state index in [4.69, 9.17) is 0 Å². The van der Waals surface area contributed by atoms with Gasteiger partial charge in [0, 0.05) is 22.7 Å². The second kappa shape index (κ2) is 8.66. The molecule has 1 aliphatic rings. The number of halogens is 1. The van der Waals surface area contributed by atoms with E-state index in [1.165, 1.54) is 28.6 Å². The Bertz CT molecular complexity index is 774. The summed E-state index contributed by atoms with van der Waals surface area (Å²) in [7, 11) is -0.301. The predicted molar refractivity (Wildman–Crippen MR) is 122 cm³/mol. The number of hydrogen-bond donors (Lipinski definition) is 0. The van der Waals surface area contributed by atoms with Gasteiger partial charge in [0.15, 0.2) is 0 Å². The lowest BCUT2D eigenvalue weighted by Crippen LogP contribution is -2.25. The summed E-state index contributed by atoms with van der Waals surface area (Å²) in [6.45, 7) is 0. The third-order valence-electron chi connectivity index (χ3n) is 4.76. The Kier molecular flexibility index (Phi) is 6.05. The highest BCUT2D eigenvalue weighted by molar-refractivity contribution is 9.10. The van der Waals surface area contributed by atoms with Crippen molar-refractivity contribution in [3.05, 3.63) is 89.4 Å². The Morgan fingerprint density at radius 3 is 1.54 bits per heavy atom. The standard InChI is InChI=1S/C22H22BrNP2/c23-19-11-13-20(14-12-19)24-17-25(21-7-3-1-4-8-21)15-16-26(18-24)22-9-5-2-6-10-22/h1-14H,15-18H2. The summed E-state index contributed by atoms with van der Waals surface area (Å²) in [5, 5.41) is 3.07. The van der Waals surface area contributed by atoms with E-state index in [2.05, 4.69) is 106 Å². The topological polar surface area (TPSA) is 3.24 Å². The van der Waals surface area contributed by atoms with Crippen LogP contribution in [-0.4, -0.2) is 24.9 Å². The minimum Gasteiger partial charge on any atom is -0.363 e. The van der Waals surface area contributed by atoms with Crippen LogP contribution in [0.3, 0.4) is 0 Å². The Morgan fingerprint density at radius 2 is 1.08 bits per heavy atom. The first kappa shape index (κ1) is 18.2. The van der Waals surface area contributed by atoms with Crippen molar-refractivity contribution in [2.75, 3.05) is 29.8 Å². The molecule has 0 radical (unpaired) electrons. The maximum atomic E-state index is 3.57. The lowest BCUT2D eigenvalue weighted by Gasteiger charge is -2.29. The van der Waals surface area contributed by atoms with Crippen molar-refractivity contribution >= 4 is 48.1 Å². The fraction of sp³-hybridized carbons (Fsp3) is 0.182. The van der Waals surface area contributed by atoms with Gasteiger partial charge in [-0.3, -0.25) is 0 Å².